The molecule has 0 radical (unpaired) electrons. The zero-order chi connectivity index (χ0) is 17.4. The first kappa shape index (κ1) is 17.6. The summed E-state index contributed by atoms with van der Waals surface area (Å²) < 4.78 is 34.4. The van der Waals surface area contributed by atoms with Gasteiger partial charge in [0.05, 0.1) is 18.2 Å². The predicted octanol–water partition coefficient (Wildman–Crippen LogP) is 3.85. The van der Waals surface area contributed by atoms with E-state index < -0.39 is 15.6 Å². The Labute approximate surface area is 148 Å². The molecule has 1 fully saturated rings. The minimum atomic E-state index is -3.53. The van der Waals surface area contributed by atoms with Crippen LogP contribution in [0, 0.1) is 0 Å². The van der Waals surface area contributed by atoms with E-state index in [0.717, 1.165) is 16.9 Å². The molecule has 0 N–H and O–H groups in total. The maximum absolute atomic E-state index is 13.2. The first-order valence-corrected chi connectivity index (χ1v) is 10.4. The number of hydrogen-bond acceptors (Lipinski definition) is 4. The fraction of sp³-hybridized carbons (Fsp3) is 0.444. The highest BCUT2D eigenvalue weighted by molar-refractivity contribution is 7.91. The number of aryl methyl sites for hydroxylation is 1. The van der Waals surface area contributed by atoms with Crippen molar-refractivity contribution >= 4 is 21.4 Å². The Bertz CT molecular complexity index is 797. The van der Waals surface area contributed by atoms with Crippen LogP contribution in [-0.2, 0) is 21.2 Å². The van der Waals surface area contributed by atoms with E-state index in [2.05, 4.69) is 0 Å². The van der Waals surface area contributed by atoms with Gasteiger partial charge in [-0.25, -0.2) is 8.42 Å². The molecule has 0 bridgehead atoms. The first-order valence-electron chi connectivity index (χ1n) is 8.12. The van der Waals surface area contributed by atoms with Gasteiger partial charge < -0.3 is 4.74 Å². The average Bonchev–Trinajstić information content (AvgIpc) is 3.05. The summed E-state index contributed by atoms with van der Waals surface area (Å²) >= 11 is 1.36. The van der Waals surface area contributed by atoms with Crippen molar-refractivity contribution in [2.75, 3.05) is 13.2 Å². The van der Waals surface area contributed by atoms with Crippen molar-refractivity contribution in [2.24, 2.45) is 0 Å². The molecule has 1 unspecified atom stereocenters. The van der Waals surface area contributed by atoms with E-state index >= 15 is 0 Å². The topological polar surface area (TPSA) is 46.6 Å². The summed E-state index contributed by atoms with van der Waals surface area (Å²) in [5.41, 5.74) is 0.439. The lowest BCUT2D eigenvalue weighted by Crippen LogP contribution is -2.55. The van der Waals surface area contributed by atoms with Crippen LogP contribution in [0.25, 0.3) is 0 Å². The van der Waals surface area contributed by atoms with Crippen molar-refractivity contribution in [1.29, 1.82) is 0 Å². The van der Waals surface area contributed by atoms with Crippen LogP contribution < -0.4 is 0 Å². The minimum Gasteiger partial charge on any atom is -0.370 e. The quantitative estimate of drug-likeness (QED) is 0.827. The van der Waals surface area contributed by atoms with E-state index in [9.17, 15) is 8.42 Å². The highest BCUT2D eigenvalue weighted by Crippen LogP contribution is 2.36. The summed E-state index contributed by atoms with van der Waals surface area (Å²) in [4.78, 5) is 1.08. The van der Waals surface area contributed by atoms with Gasteiger partial charge in [0.15, 0.2) is 0 Å². The van der Waals surface area contributed by atoms with Gasteiger partial charge in [0.1, 0.15) is 4.21 Å². The molecular weight excluding hydrogens is 342 g/mol. The van der Waals surface area contributed by atoms with Gasteiger partial charge in [-0.15, -0.1) is 11.3 Å². The third-order valence-electron chi connectivity index (χ3n) is 4.35. The largest absolute Gasteiger partial charge is 0.370 e. The minimum absolute atomic E-state index is 0.236. The van der Waals surface area contributed by atoms with Gasteiger partial charge in [-0.1, -0.05) is 37.3 Å². The number of sulfonamides is 1. The Hall–Kier alpha value is -1.21. The van der Waals surface area contributed by atoms with Gasteiger partial charge in [0, 0.05) is 11.4 Å². The lowest BCUT2D eigenvalue weighted by Gasteiger charge is -2.44. The van der Waals surface area contributed by atoms with Crippen LogP contribution in [0.15, 0.2) is 46.7 Å². The van der Waals surface area contributed by atoms with Crippen LogP contribution in [0.5, 0.6) is 0 Å². The molecule has 130 valence electrons. The summed E-state index contributed by atoms with van der Waals surface area (Å²) in [6.45, 7) is 6.57. The summed E-state index contributed by atoms with van der Waals surface area (Å²) in [6, 6.07) is 13.4. The molecule has 6 heteroatoms. The van der Waals surface area contributed by atoms with E-state index in [4.69, 9.17) is 4.74 Å². The number of ether oxygens (including phenoxy) is 1. The highest BCUT2D eigenvalue weighted by Gasteiger charge is 2.43. The molecule has 1 aliphatic heterocycles. The highest BCUT2D eigenvalue weighted by atomic mass is 32.2. The van der Waals surface area contributed by atoms with Gasteiger partial charge >= 0.3 is 0 Å². The normalized spacial score (nSPS) is 21.7. The van der Waals surface area contributed by atoms with E-state index in [-0.39, 0.29) is 6.10 Å². The fourth-order valence-electron chi connectivity index (χ4n) is 2.92. The molecule has 0 amide bonds. The summed E-state index contributed by atoms with van der Waals surface area (Å²) in [7, 11) is -3.53. The SMILES string of the molecule is CCc1ccc(S(=O)(=O)N2CC(c3ccccc3)OCC2(C)C)s1. The molecule has 1 aromatic carbocycles. The molecule has 1 saturated heterocycles. The van der Waals surface area contributed by atoms with Gasteiger partial charge in [-0.2, -0.15) is 4.31 Å². The molecule has 1 atom stereocenters. The van der Waals surface area contributed by atoms with Crippen LogP contribution >= 0.6 is 11.3 Å². The Morgan fingerprint density at radius 3 is 2.54 bits per heavy atom. The third kappa shape index (κ3) is 3.28. The standard InChI is InChI=1S/C18H23NO3S2/c1-4-15-10-11-17(23-15)24(20,21)19-12-16(22-13-18(19,2)3)14-8-6-5-7-9-14/h5-11,16H,4,12-13H2,1-3H3. The van der Waals surface area contributed by atoms with Crippen molar-refractivity contribution in [3.63, 3.8) is 0 Å². The third-order valence-corrected chi connectivity index (χ3v) is 8.12. The lowest BCUT2D eigenvalue weighted by atomic mass is 10.0. The number of rotatable bonds is 4. The second kappa shape index (κ2) is 6.59. The van der Waals surface area contributed by atoms with Gasteiger partial charge in [0.25, 0.3) is 10.0 Å². The van der Waals surface area contributed by atoms with Crippen LogP contribution in [-0.4, -0.2) is 31.4 Å². The van der Waals surface area contributed by atoms with Crippen molar-refractivity contribution in [3.8, 4) is 0 Å². The van der Waals surface area contributed by atoms with E-state index in [0.29, 0.717) is 17.4 Å². The average molecular weight is 366 g/mol. The van der Waals surface area contributed by atoms with Gasteiger partial charge in [0.2, 0.25) is 0 Å². The summed E-state index contributed by atoms with van der Waals surface area (Å²) in [5.74, 6) is 0. The zero-order valence-electron chi connectivity index (χ0n) is 14.2. The first-order chi connectivity index (χ1) is 11.3. The summed E-state index contributed by atoms with van der Waals surface area (Å²) in [6.07, 6.45) is 0.610. The van der Waals surface area contributed by atoms with E-state index in [1.54, 1.807) is 10.4 Å². The van der Waals surface area contributed by atoms with Crippen molar-refractivity contribution in [2.45, 2.75) is 43.0 Å². The number of morpholine rings is 1. The zero-order valence-corrected chi connectivity index (χ0v) is 15.9. The molecule has 2 aromatic rings. The maximum Gasteiger partial charge on any atom is 0.253 e. The van der Waals surface area contributed by atoms with E-state index in [1.165, 1.54) is 11.3 Å². The fourth-order valence-corrected chi connectivity index (χ4v) is 6.09. The van der Waals surface area contributed by atoms with Crippen molar-refractivity contribution in [1.82, 2.24) is 4.31 Å². The van der Waals surface area contributed by atoms with Gasteiger partial charge in [-0.3, -0.25) is 0 Å². The molecule has 1 aromatic heterocycles. The Morgan fingerprint density at radius 1 is 1.21 bits per heavy atom. The lowest BCUT2D eigenvalue weighted by molar-refractivity contribution is -0.0654. The van der Waals surface area contributed by atoms with Crippen molar-refractivity contribution in [3.05, 3.63) is 52.9 Å². The molecule has 0 aliphatic carbocycles. The van der Waals surface area contributed by atoms with Crippen LogP contribution in [0.3, 0.4) is 0 Å². The van der Waals surface area contributed by atoms with Crippen LogP contribution in [0.4, 0.5) is 0 Å². The molecule has 2 heterocycles. The smallest absolute Gasteiger partial charge is 0.253 e. The number of nitrogens with zero attached hydrogens (tertiary/aromatic N) is 1. The van der Waals surface area contributed by atoms with Crippen LogP contribution in [0.2, 0.25) is 0 Å². The maximum atomic E-state index is 13.2. The Kier molecular flexibility index (Phi) is 4.84. The molecule has 3 rings (SSSR count). The second-order valence-corrected chi connectivity index (χ2v) is 9.89. The van der Waals surface area contributed by atoms with E-state index in [1.807, 2.05) is 57.2 Å². The second-order valence-electron chi connectivity index (χ2n) is 6.63. The number of thiophene rings is 1. The Morgan fingerprint density at radius 2 is 1.92 bits per heavy atom. The molecule has 1 aliphatic rings. The monoisotopic (exact) mass is 365 g/mol. The van der Waals surface area contributed by atoms with Crippen molar-refractivity contribution < 1.29 is 13.2 Å². The predicted molar refractivity (Wildman–Crippen MR) is 96.8 cm³/mol. The Balaban J connectivity index is 1.93. The molecular formula is C18H23NO3S2. The number of hydrogen-bond donors (Lipinski definition) is 0. The molecule has 4 nitrogen and oxygen atoms in total. The summed E-state index contributed by atoms with van der Waals surface area (Å²) in [5, 5.41) is 0. The van der Waals surface area contributed by atoms with Gasteiger partial charge in [-0.05, 0) is 38.0 Å². The number of benzene rings is 1. The van der Waals surface area contributed by atoms with Crippen LogP contribution in [0.1, 0.15) is 37.3 Å². The molecule has 24 heavy (non-hydrogen) atoms. The molecule has 0 spiro atoms. The molecule has 0 saturated carbocycles.